The highest BCUT2D eigenvalue weighted by atomic mass is 32.1. The van der Waals surface area contributed by atoms with Crippen molar-refractivity contribution in [3.8, 4) is 0 Å². The first-order valence-electron chi connectivity index (χ1n) is 7.26. The van der Waals surface area contributed by atoms with Gasteiger partial charge in [-0.05, 0) is 31.3 Å². The van der Waals surface area contributed by atoms with Crippen LogP contribution >= 0.6 is 11.3 Å². The van der Waals surface area contributed by atoms with Gasteiger partial charge in [0.2, 0.25) is 0 Å². The highest BCUT2D eigenvalue weighted by Crippen LogP contribution is 2.32. The van der Waals surface area contributed by atoms with Crippen LogP contribution in [-0.2, 0) is 0 Å². The molecule has 1 aliphatic heterocycles. The number of nitrogens with zero attached hydrogens (tertiary/aromatic N) is 3. The Labute approximate surface area is 137 Å². The van der Waals surface area contributed by atoms with Crippen molar-refractivity contribution in [1.29, 1.82) is 0 Å². The number of aliphatic imine (C=N–C) groups is 1. The lowest BCUT2D eigenvalue weighted by molar-refractivity contribution is 0.524. The molecule has 0 aliphatic carbocycles. The van der Waals surface area contributed by atoms with E-state index in [-0.39, 0.29) is 12.2 Å². The average molecular weight is 325 g/mol. The summed E-state index contributed by atoms with van der Waals surface area (Å²) in [5.41, 5.74) is 3.54. The second kappa shape index (κ2) is 5.94. The van der Waals surface area contributed by atoms with Gasteiger partial charge in [-0.1, -0.05) is 0 Å². The highest BCUT2D eigenvalue weighted by molar-refractivity contribution is 7.09. The molecule has 0 saturated heterocycles. The number of pyridine rings is 1. The zero-order chi connectivity index (χ0) is 15.6. The number of likely N-dealkylation sites (N-methyl/N-ethyl adjacent to an activating group) is 1. The first kappa shape index (κ1) is 14.1. The van der Waals surface area contributed by atoms with Crippen LogP contribution in [0.3, 0.4) is 0 Å². The van der Waals surface area contributed by atoms with Gasteiger partial charge < -0.3 is 9.73 Å². The van der Waals surface area contributed by atoms with Gasteiger partial charge in [-0.3, -0.25) is 15.3 Å². The van der Waals surface area contributed by atoms with Crippen LogP contribution in [-0.4, -0.2) is 28.9 Å². The molecule has 0 bridgehead atoms. The molecular weight excluding hydrogens is 310 g/mol. The Morgan fingerprint density at radius 1 is 1.30 bits per heavy atom. The first-order valence-corrected chi connectivity index (χ1v) is 8.14. The van der Waals surface area contributed by atoms with E-state index in [9.17, 15) is 0 Å². The molecule has 0 amide bonds. The van der Waals surface area contributed by atoms with Gasteiger partial charge in [-0.2, -0.15) is 0 Å². The number of anilines is 1. The highest BCUT2D eigenvalue weighted by Gasteiger charge is 2.30. The minimum absolute atomic E-state index is 0.0865. The molecule has 2 unspecified atom stereocenters. The summed E-state index contributed by atoms with van der Waals surface area (Å²) in [6.45, 7) is 0. The third kappa shape index (κ3) is 2.54. The summed E-state index contributed by atoms with van der Waals surface area (Å²) in [7, 11) is 1.90. The minimum atomic E-state index is -0.123. The number of fused-ring (bicyclic) bond motifs is 1. The lowest BCUT2D eigenvalue weighted by Crippen LogP contribution is -2.38. The van der Waals surface area contributed by atoms with Gasteiger partial charge in [0.15, 0.2) is 5.76 Å². The molecule has 116 valence electrons. The SMILES string of the molecule is CNC1Nc2ncccc2C(c2ccco2)=NC1c1cncs1. The maximum absolute atomic E-state index is 5.60. The van der Waals surface area contributed by atoms with Gasteiger partial charge in [-0.15, -0.1) is 11.3 Å². The molecule has 3 aromatic rings. The predicted octanol–water partition coefficient (Wildman–Crippen LogP) is 2.68. The normalized spacial score (nSPS) is 20.3. The van der Waals surface area contributed by atoms with E-state index in [0.717, 1.165) is 27.7 Å². The maximum atomic E-state index is 5.60. The fourth-order valence-corrected chi connectivity index (χ4v) is 3.35. The Bertz CT molecular complexity index is 813. The number of nitrogens with one attached hydrogen (secondary N) is 2. The molecule has 7 heteroatoms. The summed E-state index contributed by atoms with van der Waals surface area (Å²) < 4.78 is 5.60. The largest absolute Gasteiger partial charge is 0.463 e. The lowest BCUT2D eigenvalue weighted by Gasteiger charge is -2.22. The topological polar surface area (TPSA) is 75.3 Å². The number of aromatic nitrogens is 2. The molecule has 0 radical (unpaired) electrons. The molecule has 23 heavy (non-hydrogen) atoms. The zero-order valence-corrected chi connectivity index (χ0v) is 13.2. The van der Waals surface area contributed by atoms with Crippen molar-refractivity contribution in [3.05, 3.63) is 64.6 Å². The first-order chi connectivity index (χ1) is 11.4. The van der Waals surface area contributed by atoms with Crippen molar-refractivity contribution in [2.45, 2.75) is 12.2 Å². The Morgan fingerprint density at radius 3 is 3.00 bits per heavy atom. The van der Waals surface area contributed by atoms with E-state index in [4.69, 9.17) is 9.41 Å². The van der Waals surface area contributed by atoms with Crippen LogP contribution in [0.2, 0.25) is 0 Å². The summed E-state index contributed by atoms with van der Waals surface area (Å²) in [6.07, 6.45) is 5.19. The molecule has 2 atom stereocenters. The molecule has 0 aromatic carbocycles. The van der Waals surface area contributed by atoms with Crippen LogP contribution in [0.25, 0.3) is 0 Å². The van der Waals surface area contributed by atoms with Crippen LogP contribution in [0.15, 0.2) is 57.8 Å². The van der Waals surface area contributed by atoms with Gasteiger partial charge in [0.05, 0.1) is 16.7 Å². The van der Waals surface area contributed by atoms with Gasteiger partial charge >= 0.3 is 0 Å². The standard InChI is InChI=1S/C16H15N5OS/c1-17-16-14(12-8-18-9-23-12)20-13(11-5-3-7-22-11)10-4-2-6-19-15(10)21-16/h2-9,14,16-17H,1H3,(H,19,21). The van der Waals surface area contributed by atoms with Crippen LogP contribution < -0.4 is 10.6 Å². The fraction of sp³-hybridized carbons (Fsp3) is 0.188. The fourth-order valence-electron chi connectivity index (χ4n) is 2.66. The van der Waals surface area contributed by atoms with Crippen molar-refractivity contribution in [1.82, 2.24) is 15.3 Å². The minimum Gasteiger partial charge on any atom is -0.463 e. The monoisotopic (exact) mass is 325 g/mol. The van der Waals surface area contributed by atoms with Gasteiger partial charge in [0.1, 0.15) is 23.7 Å². The molecule has 0 saturated carbocycles. The Kier molecular flexibility index (Phi) is 3.64. The van der Waals surface area contributed by atoms with Crippen molar-refractivity contribution >= 4 is 22.9 Å². The van der Waals surface area contributed by atoms with E-state index in [0.29, 0.717) is 0 Å². The summed E-state index contributed by atoms with van der Waals surface area (Å²) >= 11 is 1.59. The van der Waals surface area contributed by atoms with E-state index in [1.54, 1.807) is 23.8 Å². The molecule has 2 N–H and O–H groups in total. The summed E-state index contributed by atoms with van der Waals surface area (Å²) in [4.78, 5) is 14.7. The Morgan fingerprint density at radius 2 is 2.26 bits per heavy atom. The zero-order valence-electron chi connectivity index (χ0n) is 12.4. The Hall–Kier alpha value is -2.51. The summed E-state index contributed by atoms with van der Waals surface area (Å²) in [5, 5.41) is 6.72. The van der Waals surface area contributed by atoms with E-state index in [1.165, 1.54) is 0 Å². The molecule has 4 heterocycles. The number of rotatable bonds is 3. The number of hydrogen-bond donors (Lipinski definition) is 2. The second-order valence-electron chi connectivity index (χ2n) is 5.11. The average Bonchev–Trinajstić information content (AvgIpc) is 3.26. The smallest absolute Gasteiger partial charge is 0.152 e. The van der Waals surface area contributed by atoms with Gasteiger partial charge in [-0.25, -0.2) is 4.98 Å². The summed E-state index contributed by atoms with van der Waals surface area (Å²) in [5.74, 6) is 1.52. The lowest BCUT2D eigenvalue weighted by atomic mass is 10.1. The van der Waals surface area contributed by atoms with Crippen LogP contribution in [0.4, 0.5) is 5.82 Å². The van der Waals surface area contributed by atoms with Gasteiger partial charge in [0, 0.05) is 18.0 Å². The van der Waals surface area contributed by atoms with Crippen LogP contribution in [0.5, 0.6) is 0 Å². The van der Waals surface area contributed by atoms with Crippen molar-refractivity contribution in [3.63, 3.8) is 0 Å². The number of furan rings is 1. The molecular formula is C16H15N5OS. The summed E-state index contributed by atoms with van der Waals surface area (Å²) in [6, 6.07) is 7.56. The Balaban J connectivity index is 1.91. The van der Waals surface area contributed by atoms with E-state index < -0.39 is 0 Å². The molecule has 6 nitrogen and oxygen atoms in total. The molecule has 1 aliphatic rings. The second-order valence-corrected chi connectivity index (χ2v) is 6.03. The predicted molar refractivity (Wildman–Crippen MR) is 89.9 cm³/mol. The maximum Gasteiger partial charge on any atom is 0.152 e. The number of hydrogen-bond acceptors (Lipinski definition) is 7. The molecule has 4 rings (SSSR count). The molecule has 3 aromatic heterocycles. The van der Waals surface area contributed by atoms with Crippen molar-refractivity contribution < 1.29 is 4.42 Å². The molecule has 0 spiro atoms. The van der Waals surface area contributed by atoms with E-state index >= 15 is 0 Å². The third-order valence-corrected chi connectivity index (χ3v) is 4.59. The van der Waals surface area contributed by atoms with Crippen molar-refractivity contribution in [2.75, 3.05) is 12.4 Å². The van der Waals surface area contributed by atoms with E-state index in [2.05, 4.69) is 20.6 Å². The third-order valence-electron chi connectivity index (χ3n) is 3.75. The van der Waals surface area contributed by atoms with Gasteiger partial charge in [0.25, 0.3) is 0 Å². The van der Waals surface area contributed by atoms with Crippen LogP contribution in [0.1, 0.15) is 22.2 Å². The number of thiazole rings is 1. The van der Waals surface area contributed by atoms with E-state index in [1.807, 2.05) is 43.0 Å². The van der Waals surface area contributed by atoms with Crippen molar-refractivity contribution in [2.24, 2.45) is 4.99 Å². The van der Waals surface area contributed by atoms with Crippen LogP contribution in [0, 0.1) is 0 Å². The molecule has 0 fully saturated rings. The quantitative estimate of drug-likeness (QED) is 0.774.